The van der Waals surface area contributed by atoms with Crippen molar-refractivity contribution in [2.24, 2.45) is 0 Å². The van der Waals surface area contributed by atoms with Crippen LogP contribution in [0.2, 0.25) is 0 Å². The first-order valence-electron chi connectivity index (χ1n) is 8.19. The van der Waals surface area contributed by atoms with E-state index in [9.17, 15) is 4.79 Å². The average molecular weight is 312 g/mol. The SMILES string of the molecule is Cc1cccc(C(=O)N2CCN(CCn3ccnc3C)CC2)c1. The van der Waals surface area contributed by atoms with E-state index in [0.717, 1.165) is 56.2 Å². The molecular weight excluding hydrogens is 288 g/mol. The maximum absolute atomic E-state index is 12.5. The Bertz CT molecular complexity index is 671. The van der Waals surface area contributed by atoms with Crippen molar-refractivity contribution in [1.82, 2.24) is 19.4 Å². The van der Waals surface area contributed by atoms with Gasteiger partial charge in [-0.05, 0) is 26.0 Å². The zero-order chi connectivity index (χ0) is 16.2. The minimum absolute atomic E-state index is 0.152. The fourth-order valence-electron chi connectivity index (χ4n) is 3.02. The van der Waals surface area contributed by atoms with Crippen molar-refractivity contribution in [2.75, 3.05) is 32.7 Å². The molecule has 1 fully saturated rings. The molecule has 5 nitrogen and oxygen atoms in total. The normalized spacial score (nSPS) is 15.8. The molecule has 0 N–H and O–H groups in total. The molecule has 0 radical (unpaired) electrons. The Morgan fingerprint density at radius 1 is 1.13 bits per heavy atom. The van der Waals surface area contributed by atoms with Crippen LogP contribution in [0.3, 0.4) is 0 Å². The zero-order valence-electron chi connectivity index (χ0n) is 13.9. The highest BCUT2D eigenvalue weighted by atomic mass is 16.2. The highest BCUT2D eigenvalue weighted by Crippen LogP contribution is 2.11. The molecule has 1 saturated heterocycles. The van der Waals surface area contributed by atoms with Gasteiger partial charge in [-0.15, -0.1) is 0 Å². The molecule has 1 amide bonds. The molecule has 0 bridgehead atoms. The summed E-state index contributed by atoms with van der Waals surface area (Å²) in [4.78, 5) is 21.2. The molecule has 1 aliphatic rings. The van der Waals surface area contributed by atoms with E-state index in [1.807, 2.05) is 55.4 Å². The first-order chi connectivity index (χ1) is 11.1. The lowest BCUT2D eigenvalue weighted by Gasteiger charge is -2.34. The van der Waals surface area contributed by atoms with Gasteiger partial charge in [-0.25, -0.2) is 4.98 Å². The number of benzene rings is 1. The molecule has 0 unspecified atom stereocenters. The Morgan fingerprint density at radius 2 is 1.91 bits per heavy atom. The summed E-state index contributed by atoms with van der Waals surface area (Å²) in [6.45, 7) is 9.48. The molecule has 23 heavy (non-hydrogen) atoms. The molecule has 0 saturated carbocycles. The van der Waals surface area contributed by atoms with Crippen LogP contribution in [0, 0.1) is 13.8 Å². The van der Waals surface area contributed by atoms with Gasteiger partial charge in [0.05, 0.1) is 0 Å². The lowest BCUT2D eigenvalue weighted by molar-refractivity contribution is 0.0633. The number of piperazine rings is 1. The van der Waals surface area contributed by atoms with Crippen molar-refractivity contribution in [3.05, 3.63) is 53.6 Å². The molecule has 0 atom stereocenters. The average Bonchev–Trinajstić information content (AvgIpc) is 2.98. The molecule has 0 spiro atoms. The van der Waals surface area contributed by atoms with E-state index in [4.69, 9.17) is 0 Å². The first-order valence-corrected chi connectivity index (χ1v) is 8.19. The number of hydrogen-bond donors (Lipinski definition) is 0. The van der Waals surface area contributed by atoms with Gasteiger partial charge in [0.15, 0.2) is 0 Å². The third-order valence-corrected chi connectivity index (χ3v) is 4.51. The van der Waals surface area contributed by atoms with E-state index in [-0.39, 0.29) is 5.91 Å². The molecule has 122 valence electrons. The fourth-order valence-corrected chi connectivity index (χ4v) is 3.02. The third-order valence-electron chi connectivity index (χ3n) is 4.51. The smallest absolute Gasteiger partial charge is 0.253 e. The van der Waals surface area contributed by atoms with Crippen molar-refractivity contribution in [3.63, 3.8) is 0 Å². The predicted octanol–water partition coefficient (Wildman–Crippen LogP) is 1.96. The molecule has 1 aromatic heterocycles. The molecule has 2 heterocycles. The lowest BCUT2D eigenvalue weighted by atomic mass is 10.1. The van der Waals surface area contributed by atoms with Gasteiger partial charge in [0, 0.05) is 57.2 Å². The number of nitrogens with zero attached hydrogens (tertiary/aromatic N) is 4. The fraction of sp³-hybridized carbons (Fsp3) is 0.444. The van der Waals surface area contributed by atoms with E-state index in [1.165, 1.54) is 0 Å². The lowest BCUT2D eigenvalue weighted by Crippen LogP contribution is -2.49. The summed E-state index contributed by atoms with van der Waals surface area (Å²) in [5.74, 6) is 1.21. The number of aryl methyl sites for hydroxylation is 2. The maximum Gasteiger partial charge on any atom is 0.253 e. The van der Waals surface area contributed by atoms with E-state index in [1.54, 1.807) is 0 Å². The summed E-state index contributed by atoms with van der Waals surface area (Å²) in [5, 5.41) is 0. The Balaban J connectivity index is 1.50. The summed E-state index contributed by atoms with van der Waals surface area (Å²) >= 11 is 0. The van der Waals surface area contributed by atoms with Crippen LogP contribution in [0.15, 0.2) is 36.7 Å². The van der Waals surface area contributed by atoms with Crippen LogP contribution in [0.4, 0.5) is 0 Å². The summed E-state index contributed by atoms with van der Waals surface area (Å²) < 4.78 is 2.17. The number of hydrogen-bond acceptors (Lipinski definition) is 3. The second-order valence-electron chi connectivity index (χ2n) is 6.17. The highest BCUT2D eigenvalue weighted by Gasteiger charge is 2.21. The van der Waals surface area contributed by atoms with Gasteiger partial charge in [-0.2, -0.15) is 0 Å². The van der Waals surface area contributed by atoms with Crippen molar-refractivity contribution in [2.45, 2.75) is 20.4 Å². The molecule has 1 aromatic carbocycles. The molecule has 5 heteroatoms. The maximum atomic E-state index is 12.5. The number of carbonyl (C=O) groups is 1. The van der Waals surface area contributed by atoms with E-state index >= 15 is 0 Å². The van der Waals surface area contributed by atoms with Crippen LogP contribution in [0.5, 0.6) is 0 Å². The monoisotopic (exact) mass is 312 g/mol. The van der Waals surface area contributed by atoms with Gasteiger partial charge in [-0.1, -0.05) is 17.7 Å². The zero-order valence-corrected chi connectivity index (χ0v) is 13.9. The Labute approximate surface area is 137 Å². The van der Waals surface area contributed by atoms with Crippen LogP contribution >= 0.6 is 0 Å². The van der Waals surface area contributed by atoms with Gasteiger partial charge in [0.1, 0.15) is 5.82 Å². The quantitative estimate of drug-likeness (QED) is 0.866. The Hall–Kier alpha value is -2.14. The molecule has 1 aliphatic heterocycles. The molecular formula is C18H24N4O. The second kappa shape index (κ2) is 6.96. The van der Waals surface area contributed by atoms with Crippen LogP contribution in [-0.2, 0) is 6.54 Å². The minimum atomic E-state index is 0.152. The van der Waals surface area contributed by atoms with Crippen LogP contribution in [-0.4, -0.2) is 58.0 Å². The molecule has 0 aliphatic carbocycles. The van der Waals surface area contributed by atoms with Crippen LogP contribution in [0.25, 0.3) is 0 Å². The third kappa shape index (κ3) is 3.79. The highest BCUT2D eigenvalue weighted by molar-refractivity contribution is 5.94. The first kappa shape index (κ1) is 15.7. The second-order valence-corrected chi connectivity index (χ2v) is 6.17. The largest absolute Gasteiger partial charge is 0.336 e. The van der Waals surface area contributed by atoms with Crippen molar-refractivity contribution >= 4 is 5.91 Å². The summed E-state index contributed by atoms with van der Waals surface area (Å²) in [6.07, 6.45) is 3.86. The van der Waals surface area contributed by atoms with E-state index in [0.29, 0.717) is 0 Å². The van der Waals surface area contributed by atoms with Gasteiger partial charge in [0.25, 0.3) is 5.91 Å². The number of rotatable bonds is 4. The predicted molar refractivity (Wildman–Crippen MR) is 90.5 cm³/mol. The Kier molecular flexibility index (Phi) is 4.76. The summed E-state index contributed by atoms with van der Waals surface area (Å²) in [6, 6.07) is 7.85. The summed E-state index contributed by atoms with van der Waals surface area (Å²) in [7, 11) is 0. The molecule has 2 aromatic rings. The number of carbonyl (C=O) groups excluding carboxylic acids is 1. The number of amides is 1. The van der Waals surface area contributed by atoms with Crippen LogP contribution < -0.4 is 0 Å². The van der Waals surface area contributed by atoms with Gasteiger partial charge < -0.3 is 9.47 Å². The number of imidazole rings is 1. The van der Waals surface area contributed by atoms with Gasteiger partial charge >= 0.3 is 0 Å². The van der Waals surface area contributed by atoms with Crippen molar-refractivity contribution in [3.8, 4) is 0 Å². The Morgan fingerprint density at radius 3 is 2.57 bits per heavy atom. The van der Waals surface area contributed by atoms with Gasteiger partial charge in [0.2, 0.25) is 0 Å². The minimum Gasteiger partial charge on any atom is -0.336 e. The van der Waals surface area contributed by atoms with Crippen LogP contribution in [0.1, 0.15) is 21.7 Å². The molecule has 3 rings (SSSR count). The van der Waals surface area contributed by atoms with Crippen molar-refractivity contribution < 1.29 is 4.79 Å². The number of aromatic nitrogens is 2. The van der Waals surface area contributed by atoms with Gasteiger partial charge in [-0.3, -0.25) is 9.69 Å². The van der Waals surface area contributed by atoms with Crippen molar-refractivity contribution in [1.29, 1.82) is 0 Å². The van der Waals surface area contributed by atoms with E-state index < -0.39 is 0 Å². The summed E-state index contributed by atoms with van der Waals surface area (Å²) in [5.41, 5.74) is 1.93. The van der Waals surface area contributed by atoms with E-state index in [2.05, 4.69) is 14.5 Å². The standard InChI is InChI=1S/C18H24N4O/c1-15-4-3-5-17(14-15)18(23)22-12-9-20(10-13-22)8-11-21-7-6-19-16(21)2/h3-7,14H,8-13H2,1-2H3. The topological polar surface area (TPSA) is 41.4 Å².